The van der Waals surface area contributed by atoms with Crippen LogP contribution in [0.2, 0.25) is 0 Å². The van der Waals surface area contributed by atoms with E-state index >= 15 is 0 Å². The summed E-state index contributed by atoms with van der Waals surface area (Å²) in [5.74, 6) is -0.341. The second-order valence-electron chi connectivity index (χ2n) is 8.24. The summed E-state index contributed by atoms with van der Waals surface area (Å²) in [6.45, 7) is 7.10. The summed E-state index contributed by atoms with van der Waals surface area (Å²) in [6, 6.07) is 8.26. The molecule has 30 heavy (non-hydrogen) atoms. The van der Waals surface area contributed by atoms with Gasteiger partial charge in [-0.1, -0.05) is 42.5 Å². The van der Waals surface area contributed by atoms with Gasteiger partial charge in [-0.3, -0.25) is 14.4 Å². The Labute approximate surface area is 178 Å². The SMILES string of the molecule is C=C(C)C(CC1CCNC1=O)NC(=O)C1CCCN1C(=O)C(NC)c1ccccc1. The molecule has 2 aliphatic rings. The lowest BCUT2D eigenvalue weighted by molar-refractivity contribution is -0.140. The Balaban J connectivity index is 1.68. The molecular formula is C23H32N4O3. The van der Waals surface area contributed by atoms with E-state index in [1.807, 2.05) is 37.3 Å². The molecule has 0 spiro atoms. The first kappa shape index (κ1) is 22.0. The van der Waals surface area contributed by atoms with Crippen molar-refractivity contribution in [1.82, 2.24) is 20.9 Å². The minimum absolute atomic E-state index is 0.0351. The Morgan fingerprint density at radius 3 is 2.60 bits per heavy atom. The van der Waals surface area contributed by atoms with Crippen LogP contribution in [0.15, 0.2) is 42.5 Å². The minimum Gasteiger partial charge on any atom is -0.356 e. The lowest BCUT2D eigenvalue weighted by Gasteiger charge is -2.30. The fourth-order valence-corrected chi connectivity index (χ4v) is 4.35. The Morgan fingerprint density at radius 1 is 1.27 bits per heavy atom. The number of likely N-dealkylation sites (tertiary alicyclic amines) is 1. The number of amides is 3. The van der Waals surface area contributed by atoms with Gasteiger partial charge in [-0.2, -0.15) is 0 Å². The predicted octanol–water partition coefficient (Wildman–Crippen LogP) is 1.53. The third-order valence-corrected chi connectivity index (χ3v) is 6.10. The molecule has 4 unspecified atom stereocenters. The zero-order valence-electron chi connectivity index (χ0n) is 17.8. The van der Waals surface area contributed by atoms with Crippen LogP contribution in [0.5, 0.6) is 0 Å². The Bertz CT molecular complexity index is 795. The van der Waals surface area contributed by atoms with Crippen LogP contribution in [0.4, 0.5) is 0 Å². The fourth-order valence-electron chi connectivity index (χ4n) is 4.35. The van der Waals surface area contributed by atoms with Crippen LogP contribution in [0.3, 0.4) is 0 Å². The van der Waals surface area contributed by atoms with Crippen molar-refractivity contribution in [3.05, 3.63) is 48.0 Å². The molecule has 0 radical (unpaired) electrons. The Hall–Kier alpha value is -2.67. The van der Waals surface area contributed by atoms with Crippen LogP contribution >= 0.6 is 0 Å². The van der Waals surface area contributed by atoms with Gasteiger partial charge >= 0.3 is 0 Å². The first-order chi connectivity index (χ1) is 14.4. The second kappa shape index (κ2) is 9.89. The number of carbonyl (C=O) groups excluding carboxylic acids is 3. The van der Waals surface area contributed by atoms with E-state index in [-0.39, 0.29) is 29.7 Å². The molecule has 1 aromatic rings. The summed E-state index contributed by atoms with van der Waals surface area (Å²) in [7, 11) is 1.75. The van der Waals surface area contributed by atoms with Crippen LogP contribution in [0.25, 0.3) is 0 Å². The van der Waals surface area contributed by atoms with Gasteiger partial charge in [-0.15, -0.1) is 0 Å². The van der Waals surface area contributed by atoms with Crippen LogP contribution in [0.1, 0.15) is 44.2 Å². The standard InChI is InChI=1S/C23H32N4O3/c1-15(2)18(14-17-11-12-25-21(17)28)26-22(29)19-10-7-13-27(19)23(30)20(24-3)16-8-5-4-6-9-16/h4-6,8-9,17-20,24H,1,7,10-14H2,2-3H3,(H,25,28)(H,26,29). The number of nitrogens with zero attached hydrogens (tertiary/aromatic N) is 1. The summed E-state index contributed by atoms with van der Waals surface area (Å²) in [4.78, 5) is 40.0. The first-order valence-electron chi connectivity index (χ1n) is 10.7. The highest BCUT2D eigenvalue weighted by atomic mass is 16.2. The molecule has 3 rings (SSSR count). The summed E-state index contributed by atoms with van der Waals surface area (Å²) in [6.07, 6.45) is 2.73. The fraction of sp³-hybridized carbons (Fsp3) is 0.522. The highest BCUT2D eigenvalue weighted by molar-refractivity contribution is 5.91. The number of hydrogen-bond donors (Lipinski definition) is 3. The van der Waals surface area contributed by atoms with E-state index in [0.29, 0.717) is 25.9 Å². The minimum atomic E-state index is -0.503. The Kier molecular flexibility index (Phi) is 7.26. The average Bonchev–Trinajstić information content (AvgIpc) is 3.38. The highest BCUT2D eigenvalue weighted by Gasteiger charge is 2.38. The number of nitrogens with one attached hydrogen (secondary N) is 3. The largest absolute Gasteiger partial charge is 0.356 e. The van der Waals surface area contributed by atoms with Gasteiger partial charge in [0.2, 0.25) is 17.7 Å². The second-order valence-corrected chi connectivity index (χ2v) is 8.24. The summed E-state index contributed by atoms with van der Waals surface area (Å²) in [5.41, 5.74) is 1.69. The molecule has 1 aromatic carbocycles. The quantitative estimate of drug-likeness (QED) is 0.565. The van der Waals surface area contributed by atoms with Crippen LogP contribution in [-0.2, 0) is 14.4 Å². The van der Waals surface area contributed by atoms with Crippen molar-refractivity contribution >= 4 is 17.7 Å². The third-order valence-electron chi connectivity index (χ3n) is 6.10. The molecule has 0 aliphatic carbocycles. The van der Waals surface area contributed by atoms with Gasteiger partial charge in [0, 0.05) is 19.0 Å². The maximum atomic E-state index is 13.2. The molecule has 4 atom stereocenters. The molecular weight excluding hydrogens is 380 g/mol. The third kappa shape index (κ3) is 4.90. The molecule has 2 heterocycles. The van der Waals surface area contributed by atoms with Crippen molar-refractivity contribution in [3.63, 3.8) is 0 Å². The number of hydrogen-bond acceptors (Lipinski definition) is 4. The van der Waals surface area contributed by atoms with Crippen LogP contribution in [0, 0.1) is 5.92 Å². The smallest absolute Gasteiger partial charge is 0.244 e. The van der Waals surface area contributed by atoms with Gasteiger partial charge in [-0.05, 0) is 45.2 Å². The molecule has 0 aromatic heterocycles. The van der Waals surface area contributed by atoms with E-state index in [4.69, 9.17) is 0 Å². The molecule has 162 valence electrons. The normalized spacial score (nSPS) is 23.0. The molecule has 0 saturated carbocycles. The van der Waals surface area contributed by atoms with E-state index < -0.39 is 12.1 Å². The zero-order valence-corrected chi connectivity index (χ0v) is 17.8. The average molecular weight is 413 g/mol. The maximum Gasteiger partial charge on any atom is 0.244 e. The molecule has 3 amide bonds. The summed E-state index contributed by atoms with van der Waals surface area (Å²) >= 11 is 0. The van der Waals surface area contributed by atoms with Crippen molar-refractivity contribution in [2.75, 3.05) is 20.1 Å². The molecule has 2 saturated heterocycles. The molecule has 0 bridgehead atoms. The molecule has 7 heteroatoms. The van der Waals surface area contributed by atoms with E-state index in [1.165, 1.54) is 0 Å². The van der Waals surface area contributed by atoms with Gasteiger partial charge in [0.25, 0.3) is 0 Å². The van der Waals surface area contributed by atoms with E-state index in [1.54, 1.807) is 11.9 Å². The molecule has 2 fully saturated rings. The first-order valence-corrected chi connectivity index (χ1v) is 10.7. The topological polar surface area (TPSA) is 90.5 Å². The van der Waals surface area contributed by atoms with Crippen molar-refractivity contribution in [2.24, 2.45) is 5.92 Å². The number of carbonyl (C=O) groups is 3. The Morgan fingerprint density at radius 2 is 2.00 bits per heavy atom. The lowest BCUT2D eigenvalue weighted by Crippen LogP contribution is -2.51. The molecule has 2 aliphatic heterocycles. The van der Waals surface area contributed by atoms with Crippen molar-refractivity contribution in [2.45, 2.75) is 50.7 Å². The monoisotopic (exact) mass is 412 g/mol. The van der Waals surface area contributed by atoms with Crippen molar-refractivity contribution in [1.29, 1.82) is 0 Å². The number of benzene rings is 1. The zero-order chi connectivity index (χ0) is 21.7. The molecule has 7 nitrogen and oxygen atoms in total. The lowest BCUT2D eigenvalue weighted by atomic mass is 9.94. The van der Waals surface area contributed by atoms with Crippen molar-refractivity contribution < 1.29 is 14.4 Å². The van der Waals surface area contributed by atoms with Crippen molar-refractivity contribution in [3.8, 4) is 0 Å². The van der Waals surface area contributed by atoms with Gasteiger partial charge in [0.15, 0.2) is 0 Å². The highest BCUT2D eigenvalue weighted by Crippen LogP contribution is 2.25. The van der Waals surface area contributed by atoms with Crippen LogP contribution < -0.4 is 16.0 Å². The summed E-state index contributed by atoms with van der Waals surface area (Å²) in [5, 5.41) is 8.98. The van der Waals surface area contributed by atoms with Gasteiger partial charge in [-0.25, -0.2) is 0 Å². The van der Waals surface area contributed by atoms with Gasteiger partial charge in [0.1, 0.15) is 12.1 Å². The van der Waals surface area contributed by atoms with Crippen LogP contribution in [-0.4, -0.2) is 54.8 Å². The van der Waals surface area contributed by atoms with E-state index in [9.17, 15) is 14.4 Å². The van der Waals surface area contributed by atoms with Gasteiger partial charge < -0.3 is 20.9 Å². The number of rotatable bonds is 8. The number of likely N-dealkylation sites (N-methyl/N-ethyl adjacent to an activating group) is 1. The molecule has 3 N–H and O–H groups in total. The van der Waals surface area contributed by atoms with Gasteiger partial charge in [0.05, 0.1) is 6.04 Å². The maximum absolute atomic E-state index is 13.2. The predicted molar refractivity (Wildman–Crippen MR) is 115 cm³/mol. The summed E-state index contributed by atoms with van der Waals surface area (Å²) < 4.78 is 0. The van der Waals surface area contributed by atoms with E-state index in [0.717, 1.165) is 24.0 Å². The van der Waals surface area contributed by atoms with E-state index in [2.05, 4.69) is 22.5 Å².